The summed E-state index contributed by atoms with van der Waals surface area (Å²) in [5.74, 6) is -1.35. The number of rotatable bonds is 8. The molecule has 0 radical (unpaired) electrons. The van der Waals surface area contributed by atoms with Crippen LogP contribution in [0.5, 0.6) is 5.75 Å². The Morgan fingerprint density at radius 1 is 0.943 bits per heavy atom. The first-order chi connectivity index (χ1) is 16.8. The molecule has 4 rings (SSSR count). The minimum Gasteiger partial charge on any atom is -0.427 e. The molecule has 0 saturated carbocycles. The molecule has 35 heavy (non-hydrogen) atoms. The minimum absolute atomic E-state index is 0.0319. The van der Waals surface area contributed by atoms with E-state index in [9.17, 15) is 22.8 Å². The number of carbonyl (C=O) groups is 3. The fraction of sp³-hybridized carbons (Fsp3) is 0.192. The minimum atomic E-state index is -4.06. The SMILES string of the molecule is CC(=O)Oc1ccc(N2C(=O)CC(N(CCc3ccccc3)S(=O)(=O)c3ccccc3)C2=O)cc1. The summed E-state index contributed by atoms with van der Waals surface area (Å²) in [7, 11) is -4.06. The zero-order chi connectivity index (χ0) is 25.0. The smallest absolute Gasteiger partial charge is 0.308 e. The van der Waals surface area contributed by atoms with E-state index in [4.69, 9.17) is 4.74 Å². The van der Waals surface area contributed by atoms with E-state index in [1.807, 2.05) is 30.3 Å². The number of sulfonamides is 1. The summed E-state index contributed by atoms with van der Waals surface area (Å²) < 4.78 is 33.3. The summed E-state index contributed by atoms with van der Waals surface area (Å²) in [5.41, 5.74) is 1.19. The van der Waals surface area contributed by atoms with Crippen LogP contribution in [0, 0.1) is 0 Å². The van der Waals surface area contributed by atoms with Gasteiger partial charge in [-0.2, -0.15) is 4.31 Å². The Kier molecular flexibility index (Phi) is 7.09. The molecule has 0 aromatic heterocycles. The lowest BCUT2D eigenvalue weighted by Gasteiger charge is -2.27. The monoisotopic (exact) mass is 492 g/mol. The van der Waals surface area contributed by atoms with Crippen molar-refractivity contribution in [3.63, 3.8) is 0 Å². The van der Waals surface area contributed by atoms with Gasteiger partial charge in [0.25, 0.3) is 5.91 Å². The topological polar surface area (TPSA) is 101 Å². The Hall–Kier alpha value is -3.82. The quantitative estimate of drug-likeness (QED) is 0.272. The van der Waals surface area contributed by atoms with Gasteiger partial charge in [0.1, 0.15) is 11.8 Å². The van der Waals surface area contributed by atoms with Gasteiger partial charge >= 0.3 is 5.97 Å². The molecule has 0 bridgehead atoms. The summed E-state index contributed by atoms with van der Waals surface area (Å²) in [6.07, 6.45) is 0.105. The van der Waals surface area contributed by atoms with Crippen LogP contribution in [-0.2, 0) is 30.8 Å². The molecule has 1 saturated heterocycles. The third kappa shape index (κ3) is 5.31. The van der Waals surface area contributed by atoms with Crippen LogP contribution in [0.3, 0.4) is 0 Å². The van der Waals surface area contributed by atoms with Crippen LogP contribution in [0.1, 0.15) is 18.9 Å². The van der Waals surface area contributed by atoms with Gasteiger partial charge in [-0.25, -0.2) is 13.3 Å². The highest BCUT2D eigenvalue weighted by Crippen LogP contribution is 2.30. The van der Waals surface area contributed by atoms with Gasteiger partial charge < -0.3 is 4.74 Å². The average molecular weight is 493 g/mol. The van der Waals surface area contributed by atoms with Gasteiger partial charge in [0.15, 0.2) is 0 Å². The first-order valence-electron chi connectivity index (χ1n) is 11.0. The summed E-state index contributed by atoms with van der Waals surface area (Å²) >= 11 is 0. The average Bonchev–Trinajstić information content (AvgIpc) is 3.14. The number of benzene rings is 3. The van der Waals surface area contributed by atoms with Gasteiger partial charge in [-0.1, -0.05) is 48.5 Å². The van der Waals surface area contributed by atoms with E-state index >= 15 is 0 Å². The number of carbonyl (C=O) groups excluding carboxylic acids is 3. The van der Waals surface area contributed by atoms with Crippen molar-refractivity contribution in [2.24, 2.45) is 0 Å². The fourth-order valence-electron chi connectivity index (χ4n) is 4.00. The Balaban J connectivity index is 1.64. The van der Waals surface area contributed by atoms with Crippen LogP contribution in [0.15, 0.2) is 89.8 Å². The molecule has 1 atom stereocenters. The molecule has 180 valence electrons. The second-order valence-electron chi connectivity index (χ2n) is 8.04. The zero-order valence-corrected chi connectivity index (χ0v) is 19.9. The lowest BCUT2D eigenvalue weighted by Crippen LogP contribution is -2.46. The molecule has 0 aliphatic carbocycles. The van der Waals surface area contributed by atoms with Crippen molar-refractivity contribution >= 4 is 33.5 Å². The predicted molar refractivity (Wildman–Crippen MR) is 129 cm³/mol. The maximum atomic E-state index is 13.6. The Morgan fingerprint density at radius 3 is 2.14 bits per heavy atom. The maximum absolute atomic E-state index is 13.6. The van der Waals surface area contributed by atoms with Gasteiger partial charge in [0.05, 0.1) is 17.0 Å². The number of nitrogens with zero attached hydrogens (tertiary/aromatic N) is 2. The van der Waals surface area contributed by atoms with Crippen LogP contribution < -0.4 is 9.64 Å². The first kappa shape index (κ1) is 24.3. The zero-order valence-electron chi connectivity index (χ0n) is 19.0. The van der Waals surface area contributed by atoms with E-state index in [0.717, 1.165) is 14.8 Å². The summed E-state index contributed by atoms with van der Waals surface area (Å²) in [6.45, 7) is 1.30. The Labute approximate surface area is 203 Å². The Bertz CT molecular complexity index is 1330. The summed E-state index contributed by atoms with van der Waals surface area (Å²) in [6, 6.07) is 21.9. The van der Waals surface area contributed by atoms with Gasteiger partial charge in [0.2, 0.25) is 15.9 Å². The normalized spacial score (nSPS) is 16.1. The van der Waals surface area contributed by atoms with Gasteiger partial charge in [-0.3, -0.25) is 14.4 Å². The van der Waals surface area contributed by atoms with Gasteiger partial charge in [-0.15, -0.1) is 0 Å². The van der Waals surface area contributed by atoms with Crippen molar-refractivity contribution in [2.75, 3.05) is 11.4 Å². The number of imide groups is 1. The van der Waals surface area contributed by atoms with Crippen LogP contribution in [0.2, 0.25) is 0 Å². The fourth-order valence-corrected chi connectivity index (χ4v) is 5.60. The molecular formula is C26H24N2O6S. The lowest BCUT2D eigenvalue weighted by atomic mass is 10.1. The van der Waals surface area contributed by atoms with Crippen molar-refractivity contribution in [2.45, 2.75) is 30.7 Å². The third-order valence-electron chi connectivity index (χ3n) is 5.64. The second kappa shape index (κ2) is 10.2. The summed E-state index contributed by atoms with van der Waals surface area (Å²) in [5, 5.41) is 0. The molecule has 1 heterocycles. The van der Waals surface area contributed by atoms with Gasteiger partial charge in [-0.05, 0) is 48.4 Å². The Morgan fingerprint density at radius 2 is 1.54 bits per heavy atom. The van der Waals surface area contributed by atoms with E-state index < -0.39 is 33.8 Å². The van der Waals surface area contributed by atoms with E-state index in [1.54, 1.807) is 18.2 Å². The molecule has 0 spiro atoms. The van der Waals surface area contributed by atoms with Crippen molar-refractivity contribution in [3.8, 4) is 5.75 Å². The van der Waals surface area contributed by atoms with Gasteiger partial charge in [0, 0.05) is 13.5 Å². The standard InChI is InChI=1S/C26H24N2O6S/c1-19(29)34-22-14-12-21(13-15-22)28-25(30)18-24(26(28)31)27(17-16-20-8-4-2-5-9-20)35(32,33)23-10-6-3-7-11-23/h2-15,24H,16-18H2,1H3. The van der Waals surface area contributed by atoms with Crippen LogP contribution in [0.4, 0.5) is 5.69 Å². The number of anilines is 1. The number of amides is 2. The molecule has 0 N–H and O–H groups in total. The highest BCUT2D eigenvalue weighted by atomic mass is 32.2. The van der Waals surface area contributed by atoms with E-state index in [2.05, 4.69) is 0 Å². The van der Waals surface area contributed by atoms with Crippen molar-refractivity contribution in [1.82, 2.24) is 4.31 Å². The molecule has 3 aromatic rings. The van der Waals surface area contributed by atoms with Crippen molar-refractivity contribution in [3.05, 3.63) is 90.5 Å². The van der Waals surface area contributed by atoms with Crippen molar-refractivity contribution < 1.29 is 27.5 Å². The second-order valence-corrected chi connectivity index (χ2v) is 9.93. The number of hydrogen-bond acceptors (Lipinski definition) is 6. The third-order valence-corrected chi connectivity index (χ3v) is 7.56. The first-order valence-corrected chi connectivity index (χ1v) is 12.5. The molecule has 8 nitrogen and oxygen atoms in total. The highest BCUT2D eigenvalue weighted by Gasteiger charge is 2.46. The molecule has 3 aromatic carbocycles. The van der Waals surface area contributed by atoms with Crippen LogP contribution >= 0.6 is 0 Å². The number of hydrogen-bond donors (Lipinski definition) is 0. The molecule has 1 aliphatic heterocycles. The molecule has 2 amide bonds. The van der Waals surface area contributed by atoms with Crippen molar-refractivity contribution in [1.29, 1.82) is 0 Å². The number of ether oxygens (including phenoxy) is 1. The van der Waals surface area contributed by atoms with Crippen LogP contribution in [-0.4, -0.2) is 43.1 Å². The van der Waals surface area contributed by atoms with Crippen LogP contribution in [0.25, 0.3) is 0 Å². The molecule has 1 fully saturated rings. The highest BCUT2D eigenvalue weighted by molar-refractivity contribution is 7.89. The van der Waals surface area contributed by atoms with E-state index in [1.165, 1.54) is 43.3 Å². The molecule has 9 heteroatoms. The maximum Gasteiger partial charge on any atom is 0.308 e. The molecule has 1 unspecified atom stereocenters. The predicted octanol–water partition coefficient (Wildman–Crippen LogP) is 3.18. The molecule has 1 aliphatic rings. The summed E-state index contributed by atoms with van der Waals surface area (Å²) in [4.78, 5) is 38.5. The molecular weight excluding hydrogens is 468 g/mol. The van der Waals surface area contributed by atoms with E-state index in [0.29, 0.717) is 6.42 Å². The van der Waals surface area contributed by atoms with E-state index in [-0.39, 0.29) is 29.3 Å². The number of esters is 1. The largest absolute Gasteiger partial charge is 0.427 e. The lowest BCUT2D eigenvalue weighted by molar-refractivity contribution is -0.132.